The van der Waals surface area contributed by atoms with E-state index < -0.39 is 0 Å². The minimum Gasteiger partial charge on any atom is -0.330 e. The number of hydrogen-bond acceptors (Lipinski definition) is 2. The summed E-state index contributed by atoms with van der Waals surface area (Å²) in [5.74, 6) is 0.353. The SMILES string of the molecule is CC(C)c1cccc(NC(=O)c2ccccc2CCN)c1. The Bertz CT molecular complexity index is 620. The van der Waals surface area contributed by atoms with Crippen LogP contribution >= 0.6 is 0 Å². The fourth-order valence-corrected chi connectivity index (χ4v) is 2.29. The highest BCUT2D eigenvalue weighted by Crippen LogP contribution is 2.19. The maximum absolute atomic E-state index is 12.4. The Morgan fingerprint density at radius 3 is 2.62 bits per heavy atom. The zero-order valence-corrected chi connectivity index (χ0v) is 12.6. The van der Waals surface area contributed by atoms with Crippen LogP contribution in [0.5, 0.6) is 0 Å². The summed E-state index contributed by atoms with van der Waals surface area (Å²) >= 11 is 0. The molecule has 3 heteroatoms. The molecular weight excluding hydrogens is 260 g/mol. The Balaban J connectivity index is 2.20. The number of amides is 1. The molecule has 0 radical (unpaired) electrons. The van der Waals surface area contributed by atoms with E-state index in [-0.39, 0.29) is 5.91 Å². The van der Waals surface area contributed by atoms with Gasteiger partial charge in [0.15, 0.2) is 0 Å². The van der Waals surface area contributed by atoms with Crippen molar-refractivity contribution in [2.45, 2.75) is 26.2 Å². The maximum Gasteiger partial charge on any atom is 0.255 e. The number of anilines is 1. The van der Waals surface area contributed by atoms with Crippen molar-refractivity contribution in [3.8, 4) is 0 Å². The second-order valence-electron chi connectivity index (χ2n) is 5.43. The van der Waals surface area contributed by atoms with Gasteiger partial charge in [0.1, 0.15) is 0 Å². The van der Waals surface area contributed by atoms with Gasteiger partial charge < -0.3 is 11.1 Å². The van der Waals surface area contributed by atoms with Crippen molar-refractivity contribution < 1.29 is 4.79 Å². The van der Waals surface area contributed by atoms with Crippen molar-refractivity contribution in [1.82, 2.24) is 0 Å². The molecule has 110 valence electrons. The molecule has 0 heterocycles. The topological polar surface area (TPSA) is 55.1 Å². The van der Waals surface area contributed by atoms with E-state index in [0.717, 1.165) is 11.3 Å². The standard InChI is InChI=1S/C18H22N2O/c1-13(2)15-7-5-8-16(12-15)20-18(21)17-9-4-3-6-14(17)10-11-19/h3-9,12-13H,10-11,19H2,1-2H3,(H,20,21). The lowest BCUT2D eigenvalue weighted by Crippen LogP contribution is -2.16. The summed E-state index contributed by atoms with van der Waals surface area (Å²) in [4.78, 5) is 12.4. The number of nitrogens with one attached hydrogen (secondary N) is 1. The highest BCUT2D eigenvalue weighted by molar-refractivity contribution is 6.05. The lowest BCUT2D eigenvalue weighted by molar-refractivity contribution is 0.102. The number of carbonyl (C=O) groups is 1. The first kappa shape index (κ1) is 15.3. The Labute approximate surface area is 126 Å². The lowest BCUT2D eigenvalue weighted by Gasteiger charge is -2.11. The quantitative estimate of drug-likeness (QED) is 0.881. The van der Waals surface area contributed by atoms with Crippen molar-refractivity contribution in [3.63, 3.8) is 0 Å². The average molecular weight is 282 g/mol. The van der Waals surface area contributed by atoms with Crippen LogP contribution in [0.2, 0.25) is 0 Å². The van der Waals surface area contributed by atoms with Crippen molar-refractivity contribution in [2.75, 3.05) is 11.9 Å². The Hall–Kier alpha value is -2.13. The van der Waals surface area contributed by atoms with Gasteiger partial charge in [0.05, 0.1) is 0 Å². The second kappa shape index (κ2) is 7.04. The van der Waals surface area contributed by atoms with Gasteiger partial charge in [-0.05, 0) is 48.2 Å². The van der Waals surface area contributed by atoms with Crippen LogP contribution in [0.25, 0.3) is 0 Å². The molecule has 0 aliphatic heterocycles. The molecule has 0 atom stereocenters. The van der Waals surface area contributed by atoms with Gasteiger partial charge in [0.25, 0.3) is 5.91 Å². The van der Waals surface area contributed by atoms with E-state index in [0.29, 0.717) is 24.4 Å². The van der Waals surface area contributed by atoms with Crippen LogP contribution < -0.4 is 11.1 Å². The number of nitrogens with two attached hydrogens (primary N) is 1. The van der Waals surface area contributed by atoms with Gasteiger partial charge in [-0.15, -0.1) is 0 Å². The highest BCUT2D eigenvalue weighted by atomic mass is 16.1. The molecule has 2 aromatic carbocycles. The number of benzene rings is 2. The number of hydrogen-bond donors (Lipinski definition) is 2. The van der Waals surface area contributed by atoms with Gasteiger partial charge in [0, 0.05) is 11.3 Å². The normalized spacial score (nSPS) is 10.7. The minimum atomic E-state index is -0.0834. The molecule has 3 N–H and O–H groups in total. The zero-order chi connectivity index (χ0) is 15.2. The summed E-state index contributed by atoms with van der Waals surface area (Å²) in [7, 11) is 0. The molecule has 1 amide bonds. The second-order valence-corrected chi connectivity index (χ2v) is 5.43. The van der Waals surface area contributed by atoms with E-state index in [2.05, 4.69) is 25.2 Å². The summed E-state index contributed by atoms with van der Waals surface area (Å²) in [6.45, 7) is 4.81. The largest absolute Gasteiger partial charge is 0.330 e. The fraction of sp³-hybridized carbons (Fsp3) is 0.278. The third-order valence-electron chi connectivity index (χ3n) is 3.49. The summed E-state index contributed by atoms with van der Waals surface area (Å²) in [5.41, 5.74) is 9.32. The van der Waals surface area contributed by atoms with Crippen LogP contribution in [0.1, 0.15) is 41.3 Å². The third kappa shape index (κ3) is 3.92. The molecule has 0 saturated heterocycles. The van der Waals surface area contributed by atoms with Gasteiger partial charge >= 0.3 is 0 Å². The monoisotopic (exact) mass is 282 g/mol. The fourth-order valence-electron chi connectivity index (χ4n) is 2.29. The molecular formula is C18H22N2O. The van der Waals surface area contributed by atoms with Crippen LogP contribution in [0, 0.1) is 0 Å². The van der Waals surface area contributed by atoms with Crippen LogP contribution in [-0.2, 0) is 6.42 Å². The summed E-state index contributed by atoms with van der Waals surface area (Å²) < 4.78 is 0. The van der Waals surface area contributed by atoms with E-state index in [9.17, 15) is 4.79 Å². The highest BCUT2D eigenvalue weighted by Gasteiger charge is 2.11. The Morgan fingerprint density at radius 1 is 1.14 bits per heavy atom. The maximum atomic E-state index is 12.4. The zero-order valence-electron chi connectivity index (χ0n) is 12.6. The first-order chi connectivity index (χ1) is 10.1. The number of carbonyl (C=O) groups excluding carboxylic acids is 1. The minimum absolute atomic E-state index is 0.0834. The molecule has 0 saturated carbocycles. The van der Waals surface area contributed by atoms with Gasteiger partial charge in [0.2, 0.25) is 0 Å². The lowest BCUT2D eigenvalue weighted by atomic mass is 10.0. The van der Waals surface area contributed by atoms with Crippen LogP contribution in [-0.4, -0.2) is 12.5 Å². The summed E-state index contributed by atoms with van der Waals surface area (Å²) in [6, 6.07) is 15.6. The van der Waals surface area contributed by atoms with Crippen molar-refractivity contribution >= 4 is 11.6 Å². The molecule has 3 nitrogen and oxygen atoms in total. The van der Waals surface area contributed by atoms with Gasteiger partial charge in [-0.3, -0.25) is 4.79 Å². The van der Waals surface area contributed by atoms with Crippen LogP contribution in [0.4, 0.5) is 5.69 Å². The molecule has 0 aliphatic carbocycles. The molecule has 0 fully saturated rings. The van der Waals surface area contributed by atoms with E-state index >= 15 is 0 Å². The predicted molar refractivity (Wildman–Crippen MR) is 87.7 cm³/mol. The summed E-state index contributed by atoms with van der Waals surface area (Å²) in [6.07, 6.45) is 0.704. The molecule has 0 spiro atoms. The van der Waals surface area contributed by atoms with Crippen LogP contribution in [0.3, 0.4) is 0 Å². The first-order valence-corrected chi connectivity index (χ1v) is 7.31. The summed E-state index contributed by atoms with van der Waals surface area (Å²) in [5, 5.41) is 2.97. The van der Waals surface area contributed by atoms with E-state index in [4.69, 9.17) is 5.73 Å². The Kier molecular flexibility index (Phi) is 5.12. The molecule has 0 bridgehead atoms. The molecule has 0 aliphatic rings. The van der Waals surface area contributed by atoms with E-state index in [1.54, 1.807) is 0 Å². The average Bonchev–Trinajstić information content (AvgIpc) is 2.48. The predicted octanol–water partition coefficient (Wildman–Crippen LogP) is 3.56. The van der Waals surface area contributed by atoms with Crippen LogP contribution in [0.15, 0.2) is 48.5 Å². The third-order valence-corrected chi connectivity index (χ3v) is 3.49. The van der Waals surface area contributed by atoms with Crippen molar-refractivity contribution in [3.05, 3.63) is 65.2 Å². The molecule has 2 aromatic rings. The molecule has 0 unspecified atom stereocenters. The number of rotatable bonds is 5. The first-order valence-electron chi connectivity index (χ1n) is 7.31. The van der Waals surface area contributed by atoms with Crippen molar-refractivity contribution in [1.29, 1.82) is 0 Å². The molecule has 21 heavy (non-hydrogen) atoms. The van der Waals surface area contributed by atoms with Crippen molar-refractivity contribution in [2.24, 2.45) is 5.73 Å². The van der Waals surface area contributed by atoms with Gasteiger partial charge in [-0.25, -0.2) is 0 Å². The van der Waals surface area contributed by atoms with E-state index in [1.807, 2.05) is 42.5 Å². The smallest absolute Gasteiger partial charge is 0.255 e. The van der Waals surface area contributed by atoms with Gasteiger partial charge in [-0.1, -0.05) is 44.2 Å². The Morgan fingerprint density at radius 2 is 1.90 bits per heavy atom. The molecule has 2 rings (SSSR count). The van der Waals surface area contributed by atoms with Gasteiger partial charge in [-0.2, -0.15) is 0 Å². The van der Waals surface area contributed by atoms with E-state index in [1.165, 1.54) is 5.56 Å². The molecule has 0 aromatic heterocycles.